The first-order valence-electron chi connectivity index (χ1n) is 5.57. The minimum atomic E-state index is -0.895. The van der Waals surface area contributed by atoms with Crippen LogP contribution in [0.1, 0.15) is 4.88 Å². The van der Waals surface area contributed by atoms with Gasteiger partial charge in [0.25, 0.3) is 0 Å². The standard InChI is InChI=1S/C13H9FN2O2S/c14-9-3-1-8(2-4-9)12-10(7-11(17)18)19-13-15-5-6-16(12)13/h1-6H,7H2,(H,17,18). The molecule has 2 heterocycles. The highest BCUT2D eigenvalue weighted by atomic mass is 32.1. The number of fused-ring (bicyclic) bond motifs is 1. The first kappa shape index (κ1) is 11.9. The fraction of sp³-hybridized carbons (Fsp3) is 0.0769. The Morgan fingerprint density at radius 2 is 2.11 bits per heavy atom. The largest absolute Gasteiger partial charge is 0.481 e. The second kappa shape index (κ2) is 4.47. The molecular weight excluding hydrogens is 267 g/mol. The lowest BCUT2D eigenvalue weighted by Gasteiger charge is -2.03. The van der Waals surface area contributed by atoms with Crippen molar-refractivity contribution in [1.82, 2.24) is 9.38 Å². The third kappa shape index (κ3) is 2.10. The van der Waals surface area contributed by atoms with Crippen molar-refractivity contribution in [3.63, 3.8) is 0 Å². The lowest BCUT2D eigenvalue weighted by molar-refractivity contribution is -0.136. The number of rotatable bonds is 3. The van der Waals surface area contributed by atoms with Gasteiger partial charge in [0.2, 0.25) is 0 Å². The lowest BCUT2D eigenvalue weighted by atomic mass is 10.1. The van der Waals surface area contributed by atoms with Gasteiger partial charge in [0.15, 0.2) is 4.96 Å². The van der Waals surface area contributed by atoms with Crippen LogP contribution < -0.4 is 0 Å². The Balaban J connectivity index is 2.21. The Bertz CT molecular complexity index is 746. The van der Waals surface area contributed by atoms with E-state index in [2.05, 4.69) is 4.98 Å². The van der Waals surface area contributed by atoms with Crippen molar-refractivity contribution >= 4 is 22.3 Å². The number of carbonyl (C=O) groups is 1. The van der Waals surface area contributed by atoms with E-state index in [-0.39, 0.29) is 12.2 Å². The number of aliphatic carboxylic acids is 1. The van der Waals surface area contributed by atoms with Gasteiger partial charge in [0.1, 0.15) is 5.82 Å². The predicted octanol–water partition coefficient (Wildman–Crippen LogP) is 2.83. The average Bonchev–Trinajstić information content (AvgIpc) is 2.90. The monoisotopic (exact) mass is 276 g/mol. The molecule has 2 aromatic heterocycles. The van der Waals surface area contributed by atoms with E-state index in [4.69, 9.17) is 5.11 Å². The summed E-state index contributed by atoms with van der Waals surface area (Å²) in [5.41, 5.74) is 1.54. The van der Waals surface area contributed by atoms with Gasteiger partial charge in [-0.1, -0.05) is 0 Å². The van der Waals surface area contributed by atoms with Crippen molar-refractivity contribution in [2.45, 2.75) is 6.42 Å². The second-order valence-electron chi connectivity index (χ2n) is 4.03. The summed E-state index contributed by atoms with van der Waals surface area (Å²) in [4.78, 5) is 16.5. The van der Waals surface area contributed by atoms with Gasteiger partial charge in [0, 0.05) is 17.3 Å². The number of imidazole rings is 1. The molecule has 3 aromatic rings. The molecule has 96 valence electrons. The first-order chi connectivity index (χ1) is 9.15. The summed E-state index contributed by atoms with van der Waals surface area (Å²) in [6, 6.07) is 6.00. The molecule has 0 fully saturated rings. The highest BCUT2D eigenvalue weighted by molar-refractivity contribution is 7.17. The van der Waals surface area contributed by atoms with Gasteiger partial charge in [-0.2, -0.15) is 0 Å². The Morgan fingerprint density at radius 1 is 1.37 bits per heavy atom. The van der Waals surface area contributed by atoms with Crippen LogP contribution in [-0.2, 0) is 11.2 Å². The molecule has 0 radical (unpaired) electrons. The van der Waals surface area contributed by atoms with Crippen LogP contribution in [0.5, 0.6) is 0 Å². The van der Waals surface area contributed by atoms with Crippen molar-refractivity contribution in [1.29, 1.82) is 0 Å². The van der Waals surface area contributed by atoms with E-state index in [0.29, 0.717) is 4.88 Å². The summed E-state index contributed by atoms with van der Waals surface area (Å²) in [6.07, 6.45) is 3.36. The first-order valence-corrected chi connectivity index (χ1v) is 6.39. The third-order valence-electron chi connectivity index (χ3n) is 2.76. The zero-order valence-electron chi connectivity index (χ0n) is 9.71. The van der Waals surface area contributed by atoms with Gasteiger partial charge in [-0.05, 0) is 29.8 Å². The molecule has 3 rings (SSSR count). The van der Waals surface area contributed by atoms with Crippen LogP contribution >= 0.6 is 11.3 Å². The van der Waals surface area contributed by atoms with E-state index in [1.165, 1.54) is 23.5 Å². The molecule has 6 heteroatoms. The number of halogens is 1. The number of hydrogen-bond acceptors (Lipinski definition) is 3. The number of aromatic nitrogens is 2. The van der Waals surface area contributed by atoms with E-state index in [1.807, 2.05) is 4.40 Å². The smallest absolute Gasteiger partial charge is 0.308 e. The average molecular weight is 276 g/mol. The summed E-state index contributed by atoms with van der Waals surface area (Å²) in [6.45, 7) is 0. The minimum Gasteiger partial charge on any atom is -0.481 e. The summed E-state index contributed by atoms with van der Waals surface area (Å²) < 4.78 is 14.8. The molecular formula is C13H9FN2O2S. The maximum Gasteiger partial charge on any atom is 0.308 e. The quantitative estimate of drug-likeness (QED) is 0.800. The van der Waals surface area contributed by atoms with Crippen LogP contribution in [0.3, 0.4) is 0 Å². The predicted molar refractivity (Wildman–Crippen MR) is 69.8 cm³/mol. The molecule has 0 saturated carbocycles. The summed E-state index contributed by atoms with van der Waals surface area (Å²) in [7, 11) is 0. The molecule has 19 heavy (non-hydrogen) atoms. The Morgan fingerprint density at radius 3 is 2.79 bits per heavy atom. The molecule has 0 saturated heterocycles. The summed E-state index contributed by atoms with van der Waals surface area (Å²) in [5, 5.41) is 8.96. The van der Waals surface area contributed by atoms with Gasteiger partial charge < -0.3 is 5.11 Å². The van der Waals surface area contributed by atoms with E-state index >= 15 is 0 Å². The van der Waals surface area contributed by atoms with Gasteiger partial charge in [0.05, 0.1) is 12.1 Å². The molecule has 0 aliphatic rings. The van der Waals surface area contributed by atoms with Crippen molar-refractivity contribution in [2.75, 3.05) is 0 Å². The molecule has 0 spiro atoms. The molecule has 0 bridgehead atoms. The summed E-state index contributed by atoms with van der Waals surface area (Å²) in [5.74, 6) is -1.21. The van der Waals surface area contributed by atoms with Crippen molar-refractivity contribution in [3.05, 3.63) is 47.4 Å². The fourth-order valence-electron chi connectivity index (χ4n) is 1.99. The van der Waals surface area contributed by atoms with Crippen molar-refractivity contribution < 1.29 is 14.3 Å². The number of carboxylic acids is 1. The highest BCUT2D eigenvalue weighted by Gasteiger charge is 2.16. The van der Waals surface area contributed by atoms with Crippen molar-refractivity contribution in [2.24, 2.45) is 0 Å². The Hall–Kier alpha value is -2.21. The number of carboxylic acid groups (broad SMARTS) is 1. The maximum absolute atomic E-state index is 13.0. The van der Waals surface area contributed by atoms with Crippen LogP contribution in [0.25, 0.3) is 16.2 Å². The zero-order chi connectivity index (χ0) is 13.4. The van der Waals surface area contributed by atoms with Crippen molar-refractivity contribution in [3.8, 4) is 11.3 Å². The summed E-state index contributed by atoms with van der Waals surface area (Å²) >= 11 is 1.34. The Labute approximate surface area is 111 Å². The topological polar surface area (TPSA) is 54.6 Å². The molecule has 1 aromatic carbocycles. The number of hydrogen-bond donors (Lipinski definition) is 1. The van der Waals surface area contributed by atoms with E-state index < -0.39 is 5.97 Å². The van der Waals surface area contributed by atoms with E-state index in [0.717, 1.165) is 16.2 Å². The minimum absolute atomic E-state index is 0.0687. The highest BCUT2D eigenvalue weighted by Crippen LogP contribution is 2.31. The van der Waals surface area contributed by atoms with Gasteiger partial charge in [-0.15, -0.1) is 11.3 Å². The van der Waals surface area contributed by atoms with Gasteiger partial charge >= 0.3 is 5.97 Å². The van der Waals surface area contributed by atoms with E-state index in [9.17, 15) is 9.18 Å². The molecule has 0 atom stereocenters. The SMILES string of the molecule is O=C(O)Cc1sc2nccn2c1-c1ccc(F)cc1. The molecule has 0 aliphatic heterocycles. The van der Waals surface area contributed by atoms with Crippen LogP contribution in [-0.4, -0.2) is 20.5 Å². The maximum atomic E-state index is 13.0. The number of thiazole rings is 1. The molecule has 0 unspecified atom stereocenters. The molecule has 0 aliphatic carbocycles. The molecule has 0 amide bonds. The van der Waals surface area contributed by atoms with Gasteiger partial charge in [-0.25, -0.2) is 9.37 Å². The lowest BCUT2D eigenvalue weighted by Crippen LogP contribution is -2.00. The number of benzene rings is 1. The third-order valence-corrected chi connectivity index (χ3v) is 3.82. The Kier molecular flexibility index (Phi) is 2.79. The fourth-order valence-corrected chi connectivity index (χ4v) is 3.09. The van der Waals surface area contributed by atoms with Crippen LogP contribution in [0.4, 0.5) is 4.39 Å². The molecule has 4 nitrogen and oxygen atoms in total. The van der Waals surface area contributed by atoms with Gasteiger partial charge in [-0.3, -0.25) is 9.20 Å². The molecule has 1 N–H and O–H groups in total. The number of nitrogens with zero attached hydrogens (tertiary/aromatic N) is 2. The zero-order valence-corrected chi connectivity index (χ0v) is 10.5. The second-order valence-corrected chi connectivity index (χ2v) is 5.09. The van der Waals surface area contributed by atoms with Crippen LogP contribution in [0, 0.1) is 5.82 Å². The van der Waals surface area contributed by atoms with E-state index in [1.54, 1.807) is 24.5 Å². The normalized spacial score (nSPS) is 11.0. The van der Waals surface area contributed by atoms with Crippen LogP contribution in [0.15, 0.2) is 36.7 Å². The van der Waals surface area contributed by atoms with Crippen LogP contribution in [0.2, 0.25) is 0 Å².